The molecular formula is C8H17NO2. The van der Waals surface area contributed by atoms with Crippen molar-refractivity contribution in [2.24, 2.45) is 0 Å². The Morgan fingerprint density at radius 1 is 1.45 bits per heavy atom. The van der Waals surface area contributed by atoms with Gasteiger partial charge in [-0.15, -0.1) is 0 Å². The molecule has 3 nitrogen and oxygen atoms in total. The summed E-state index contributed by atoms with van der Waals surface area (Å²) in [6.07, 6.45) is 2.69. The quantitative estimate of drug-likeness (QED) is 0.586. The van der Waals surface area contributed by atoms with Crippen LogP contribution in [-0.4, -0.2) is 26.2 Å². The van der Waals surface area contributed by atoms with Gasteiger partial charge in [-0.2, -0.15) is 0 Å². The van der Waals surface area contributed by atoms with E-state index in [2.05, 4.69) is 12.2 Å². The van der Waals surface area contributed by atoms with Crippen LogP contribution in [0.15, 0.2) is 0 Å². The average molecular weight is 159 g/mol. The van der Waals surface area contributed by atoms with E-state index in [4.69, 9.17) is 4.74 Å². The van der Waals surface area contributed by atoms with Crippen LogP contribution < -0.4 is 5.32 Å². The molecule has 0 heterocycles. The summed E-state index contributed by atoms with van der Waals surface area (Å²) >= 11 is 0. The van der Waals surface area contributed by atoms with E-state index >= 15 is 0 Å². The van der Waals surface area contributed by atoms with Crippen LogP contribution in [0, 0.1) is 0 Å². The van der Waals surface area contributed by atoms with Gasteiger partial charge in [-0.05, 0) is 6.42 Å². The Balaban J connectivity index is 2.95. The lowest BCUT2D eigenvalue weighted by atomic mass is 10.3. The van der Waals surface area contributed by atoms with E-state index in [0.29, 0.717) is 13.0 Å². The van der Waals surface area contributed by atoms with E-state index in [-0.39, 0.29) is 5.91 Å². The highest BCUT2D eigenvalue weighted by atomic mass is 16.5. The van der Waals surface area contributed by atoms with Crippen molar-refractivity contribution in [1.82, 2.24) is 5.32 Å². The third kappa shape index (κ3) is 7.33. The van der Waals surface area contributed by atoms with Crippen LogP contribution in [0.3, 0.4) is 0 Å². The molecular weight excluding hydrogens is 142 g/mol. The lowest BCUT2D eigenvalue weighted by molar-refractivity contribution is -0.121. The summed E-state index contributed by atoms with van der Waals surface area (Å²) in [5, 5.41) is 2.54. The lowest BCUT2D eigenvalue weighted by Crippen LogP contribution is -2.19. The van der Waals surface area contributed by atoms with Crippen LogP contribution >= 0.6 is 0 Å². The molecule has 0 radical (unpaired) electrons. The predicted octanol–water partition coefficient (Wildman–Crippen LogP) is 0.939. The molecule has 0 spiro atoms. The molecule has 0 bridgehead atoms. The molecule has 1 N–H and O–H groups in total. The third-order valence-corrected chi connectivity index (χ3v) is 1.39. The molecule has 0 aromatic heterocycles. The summed E-state index contributed by atoms with van der Waals surface area (Å²) < 4.78 is 5.19. The van der Waals surface area contributed by atoms with Gasteiger partial charge in [0.05, 0.1) is 6.61 Å². The van der Waals surface area contributed by atoms with Gasteiger partial charge in [0.1, 0.15) is 0 Å². The number of carbonyl (C=O) groups excluding carboxylic acids is 1. The van der Waals surface area contributed by atoms with Gasteiger partial charge in [-0.25, -0.2) is 0 Å². The maximum atomic E-state index is 10.7. The molecule has 0 saturated carbocycles. The Morgan fingerprint density at radius 3 is 2.73 bits per heavy atom. The average Bonchev–Trinajstić information content (AvgIpc) is 2.04. The molecule has 11 heavy (non-hydrogen) atoms. The number of nitrogens with one attached hydrogen (secondary N) is 1. The van der Waals surface area contributed by atoms with E-state index in [1.54, 1.807) is 7.05 Å². The summed E-state index contributed by atoms with van der Waals surface area (Å²) in [5.74, 6) is 0.0431. The molecule has 0 aliphatic carbocycles. The van der Waals surface area contributed by atoms with Crippen LogP contribution in [0.2, 0.25) is 0 Å². The summed E-state index contributed by atoms with van der Waals surface area (Å²) in [6.45, 7) is 3.43. The maximum absolute atomic E-state index is 10.7. The fraction of sp³-hybridized carbons (Fsp3) is 0.875. The van der Waals surface area contributed by atoms with Crippen LogP contribution in [0.5, 0.6) is 0 Å². The second-order valence-electron chi connectivity index (χ2n) is 2.39. The second kappa shape index (κ2) is 7.54. The highest BCUT2D eigenvalue weighted by molar-refractivity contribution is 5.75. The van der Waals surface area contributed by atoms with Crippen molar-refractivity contribution in [3.63, 3.8) is 0 Å². The minimum Gasteiger partial charge on any atom is -0.381 e. The summed E-state index contributed by atoms with van der Waals surface area (Å²) in [5.41, 5.74) is 0. The third-order valence-electron chi connectivity index (χ3n) is 1.39. The zero-order valence-electron chi connectivity index (χ0n) is 7.35. The molecule has 0 fully saturated rings. The molecule has 1 amide bonds. The first-order valence-electron chi connectivity index (χ1n) is 4.09. The fourth-order valence-corrected chi connectivity index (χ4v) is 0.638. The fourth-order valence-electron chi connectivity index (χ4n) is 0.638. The van der Waals surface area contributed by atoms with Crippen molar-refractivity contribution < 1.29 is 9.53 Å². The van der Waals surface area contributed by atoms with Crippen LogP contribution in [0.1, 0.15) is 26.2 Å². The smallest absolute Gasteiger partial charge is 0.222 e. The molecule has 0 saturated heterocycles. The second-order valence-corrected chi connectivity index (χ2v) is 2.39. The standard InChI is InChI=1S/C8H17NO2/c1-3-4-6-11-7-5-8(10)9-2/h3-7H2,1-2H3,(H,9,10). The molecule has 0 aromatic carbocycles. The van der Waals surface area contributed by atoms with Gasteiger partial charge in [0.2, 0.25) is 5.91 Å². The summed E-state index contributed by atoms with van der Waals surface area (Å²) in [6, 6.07) is 0. The van der Waals surface area contributed by atoms with Crippen molar-refractivity contribution in [2.75, 3.05) is 20.3 Å². The first-order valence-corrected chi connectivity index (χ1v) is 4.09. The minimum absolute atomic E-state index is 0.0431. The summed E-state index contributed by atoms with van der Waals surface area (Å²) in [7, 11) is 1.63. The zero-order chi connectivity index (χ0) is 8.53. The van der Waals surface area contributed by atoms with Gasteiger partial charge in [0, 0.05) is 20.1 Å². The van der Waals surface area contributed by atoms with E-state index in [1.165, 1.54) is 0 Å². The molecule has 0 atom stereocenters. The molecule has 66 valence electrons. The molecule has 3 heteroatoms. The van der Waals surface area contributed by atoms with Gasteiger partial charge in [0.15, 0.2) is 0 Å². The normalized spacial score (nSPS) is 9.64. The SMILES string of the molecule is CCCCOCCC(=O)NC. The number of carbonyl (C=O) groups is 1. The minimum atomic E-state index is 0.0431. The monoisotopic (exact) mass is 159 g/mol. The lowest BCUT2D eigenvalue weighted by Gasteiger charge is -2.01. The zero-order valence-corrected chi connectivity index (χ0v) is 7.35. The Kier molecular flexibility index (Phi) is 7.15. The van der Waals surface area contributed by atoms with Crippen molar-refractivity contribution in [1.29, 1.82) is 0 Å². The number of unbranched alkanes of at least 4 members (excludes halogenated alkanes) is 1. The number of hydrogen-bond donors (Lipinski definition) is 1. The van der Waals surface area contributed by atoms with E-state index in [9.17, 15) is 4.79 Å². The maximum Gasteiger partial charge on any atom is 0.222 e. The van der Waals surface area contributed by atoms with Crippen molar-refractivity contribution in [2.45, 2.75) is 26.2 Å². The highest BCUT2D eigenvalue weighted by Gasteiger charge is 1.95. The largest absolute Gasteiger partial charge is 0.381 e. The molecule has 0 aliphatic heterocycles. The predicted molar refractivity (Wildman–Crippen MR) is 44.4 cm³/mol. The van der Waals surface area contributed by atoms with E-state index in [1.807, 2.05) is 0 Å². The Morgan fingerprint density at radius 2 is 2.18 bits per heavy atom. The Labute approximate surface area is 68.1 Å². The van der Waals surface area contributed by atoms with Crippen LogP contribution in [-0.2, 0) is 9.53 Å². The molecule has 0 rings (SSSR count). The molecule has 0 aliphatic rings. The molecule has 0 unspecified atom stereocenters. The van der Waals surface area contributed by atoms with Crippen LogP contribution in [0.4, 0.5) is 0 Å². The van der Waals surface area contributed by atoms with Gasteiger partial charge in [0.25, 0.3) is 0 Å². The number of amides is 1. The van der Waals surface area contributed by atoms with Gasteiger partial charge in [-0.3, -0.25) is 4.79 Å². The van der Waals surface area contributed by atoms with Gasteiger partial charge in [-0.1, -0.05) is 13.3 Å². The first kappa shape index (κ1) is 10.4. The number of hydrogen-bond acceptors (Lipinski definition) is 2. The Hall–Kier alpha value is -0.570. The first-order chi connectivity index (χ1) is 5.31. The van der Waals surface area contributed by atoms with E-state index < -0.39 is 0 Å². The Bertz CT molecular complexity index is 104. The van der Waals surface area contributed by atoms with Crippen molar-refractivity contribution >= 4 is 5.91 Å². The summed E-state index contributed by atoms with van der Waals surface area (Å²) in [4.78, 5) is 10.7. The van der Waals surface area contributed by atoms with Gasteiger partial charge < -0.3 is 10.1 Å². The highest BCUT2D eigenvalue weighted by Crippen LogP contribution is 1.89. The molecule has 0 aromatic rings. The topological polar surface area (TPSA) is 38.3 Å². The van der Waals surface area contributed by atoms with E-state index in [0.717, 1.165) is 19.4 Å². The number of rotatable bonds is 6. The van der Waals surface area contributed by atoms with Crippen molar-refractivity contribution in [3.8, 4) is 0 Å². The van der Waals surface area contributed by atoms with Gasteiger partial charge >= 0.3 is 0 Å². The van der Waals surface area contributed by atoms with Crippen molar-refractivity contribution in [3.05, 3.63) is 0 Å². The van der Waals surface area contributed by atoms with Crippen LogP contribution in [0.25, 0.3) is 0 Å². The number of ether oxygens (including phenoxy) is 1.